The van der Waals surface area contributed by atoms with Gasteiger partial charge in [-0.3, -0.25) is 9.52 Å². The van der Waals surface area contributed by atoms with Crippen molar-refractivity contribution in [2.24, 2.45) is 5.11 Å². The van der Waals surface area contributed by atoms with Crippen molar-refractivity contribution in [3.05, 3.63) is 57.5 Å². The Morgan fingerprint density at radius 1 is 1.17 bits per heavy atom. The summed E-state index contributed by atoms with van der Waals surface area (Å²) in [5.41, 5.74) is 11.1. The highest BCUT2D eigenvalue weighted by Gasteiger charge is 2.22. The third-order valence-electron chi connectivity index (χ3n) is 4.33. The Hall–Kier alpha value is -3.23. The van der Waals surface area contributed by atoms with Gasteiger partial charge in [-0.15, -0.1) is 0 Å². The Balaban J connectivity index is 2.57. The molecular weight excluding hydrogens is 406 g/mol. The number of carbonyl (C=O) groups excluding carboxylic acids is 1. The highest BCUT2D eigenvalue weighted by atomic mass is 32.2. The summed E-state index contributed by atoms with van der Waals surface area (Å²) >= 11 is 0. The molecule has 10 heteroatoms. The number of hydrogen-bond donors (Lipinski definition) is 2. The fourth-order valence-electron chi connectivity index (χ4n) is 2.75. The Labute approximate surface area is 176 Å². The largest absolute Gasteiger partial charge is 0.492 e. The molecule has 0 aliphatic rings. The average Bonchev–Trinajstić information content (AvgIpc) is 2.61. The quantitative estimate of drug-likeness (QED) is 0.383. The summed E-state index contributed by atoms with van der Waals surface area (Å²) in [7, 11) is -2.19. The fourth-order valence-corrected chi connectivity index (χ4v) is 3.30. The van der Waals surface area contributed by atoms with Crippen molar-refractivity contribution >= 4 is 33.0 Å². The van der Waals surface area contributed by atoms with Crippen LogP contribution >= 0.6 is 0 Å². The second-order valence-corrected chi connectivity index (χ2v) is 9.62. The number of carbonyl (C=O) groups is 1. The molecule has 0 heterocycles. The molecule has 0 saturated heterocycles. The molecule has 2 N–H and O–H groups in total. The summed E-state index contributed by atoms with van der Waals surface area (Å²) < 4.78 is 31.5. The molecule has 0 saturated carbocycles. The third kappa shape index (κ3) is 5.65. The molecule has 1 amide bonds. The minimum Gasteiger partial charge on any atom is -0.492 e. The van der Waals surface area contributed by atoms with Crippen molar-refractivity contribution in [3.63, 3.8) is 0 Å². The number of hydrogen-bond acceptors (Lipinski definition) is 5. The predicted octanol–water partition coefficient (Wildman–Crippen LogP) is 4.87. The lowest BCUT2D eigenvalue weighted by Gasteiger charge is -2.24. The number of anilines is 2. The van der Waals surface area contributed by atoms with E-state index in [1.54, 1.807) is 31.2 Å². The van der Waals surface area contributed by atoms with Crippen LogP contribution in [0.5, 0.6) is 5.75 Å². The van der Waals surface area contributed by atoms with Gasteiger partial charge in [0.25, 0.3) is 5.91 Å². The number of nitrogens with one attached hydrogen (secondary N) is 2. The summed E-state index contributed by atoms with van der Waals surface area (Å²) in [6.45, 7) is 7.68. The van der Waals surface area contributed by atoms with Gasteiger partial charge in [-0.25, -0.2) is 8.42 Å². The van der Waals surface area contributed by atoms with Crippen LogP contribution in [0.3, 0.4) is 0 Å². The zero-order valence-electron chi connectivity index (χ0n) is 17.8. The Morgan fingerprint density at radius 2 is 1.80 bits per heavy atom. The van der Waals surface area contributed by atoms with Crippen LogP contribution in [0.4, 0.5) is 17.1 Å². The Morgan fingerprint density at radius 3 is 2.33 bits per heavy atom. The van der Waals surface area contributed by atoms with Crippen molar-refractivity contribution in [1.29, 1.82) is 0 Å². The molecule has 0 aliphatic heterocycles. The van der Waals surface area contributed by atoms with Gasteiger partial charge in [-0.2, -0.15) is 0 Å². The van der Waals surface area contributed by atoms with Gasteiger partial charge in [0.1, 0.15) is 0 Å². The number of ether oxygens (including phenoxy) is 1. The molecule has 9 nitrogen and oxygen atoms in total. The van der Waals surface area contributed by atoms with Gasteiger partial charge in [0.2, 0.25) is 10.0 Å². The van der Waals surface area contributed by atoms with Crippen molar-refractivity contribution in [1.82, 2.24) is 0 Å². The first-order valence-corrected chi connectivity index (χ1v) is 10.9. The van der Waals surface area contributed by atoms with Gasteiger partial charge < -0.3 is 10.1 Å². The van der Waals surface area contributed by atoms with Crippen LogP contribution in [0.1, 0.15) is 42.3 Å². The number of methoxy groups -OCH3 is 1. The maximum atomic E-state index is 12.9. The highest BCUT2D eigenvalue weighted by molar-refractivity contribution is 7.92. The number of sulfonamides is 1. The first-order chi connectivity index (χ1) is 13.9. The first-order valence-electron chi connectivity index (χ1n) is 9.03. The minimum atomic E-state index is -3.58. The van der Waals surface area contributed by atoms with Crippen LogP contribution < -0.4 is 14.8 Å². The van der Waals surface area contributed by atoms with E-state index >= 15 is 0 Å². The summed E-state index contributed by atoms with van der Waals surface area (Å²) in [4.78, 5) is 15.6. The second kappa shape index (κ2) is 8.64. The zero-order chi connectivity index (χ0) is 22.7. The number of amides is 1. The minimum absolute atomic E-state index is 0.184. The first kappa shape index (κ1) is 23.1. The molecule has 160 valence electrons. The summed E-state index contributed by atoms with van der Waals surface area (Å²) in [6.07, 6.45) is 1.04. The van der Waals surface area contributed by atoms with Crippen LogP contribution in [0.2, 0.25) is 0 Å². The molecule has 2 aromatic carbocycles. The summed E-state index contributed by atoms with van der Waals surface area (Å²) in [6, 6.07) is 8.20. The number of azide groups is 1. The van der Waals surface area contributed by atoms with Gasteiger partial charge in [-0.1, -0.05) is 32.0 Å². The highest BCUT2D eigenvalue weighted by Crippen LogP contribution is 2.39. The third-order valence-corrected chi connectivity index (χ3v) is 4.92. The maximum absolute atomic E-state index is 12.9. The lowest BCUT2D eigenvalue weighted by atomic mass is 9.86. The van der Waals surface area contributed by atoms with E-state index in [0.717, 1.165) is 17.4 Å². The van der Waals surface area contributed by atoms with Crippen LogP contribution in [0.25, 0.3) is 10.4 Å². The number of nitrogens with zero attached hydrogens (tertiary/aromatic N) is 3. The fraction of sp³-hybridized carbons (Fsp3) is 0.350. The maximum Gasteiger partial charge on any atom is 0.255 e. The molecule has 2 aromatic rings. The van der Waals surface area contributed by atoms with Crippen molar-refractivity contribution in [2.45, 2.75) is 33.1 Å². The predicted molar refractivity (Wildman–Crippen MR) is 118 cm³/mol. The van der Waals surface area contributed by atoms with E-state index in [-0.39, 0.29) is 22.4 Å². The molecule has 0 atom stereocenters. The van der Waals surface area contributed by atoms with Gasteiger partial charge >= 0.3 is 0 Å². The number of rotatable bonds is 6. The molecule has 2 rings (SSSR count). The van der Waals surface area contributed by atoms with E-state index in [2.05, 4.69) is 20.1 Å². The molecule has 0 spiro atoms. The van der Waals surface area contributed by atoms with E-state index in [9.17, 15) is 13.2 Å². The van der Waals surface area contributed by atoms with Crippen molar-refractivity contribution in [2.75, 3.05) is 23.4 Å². The summed E-state index contributed by atoms with van der Waals surface area (Å²) in [5, 5.41) is 6.36. The van der Waals surface area contributed by atoms with E-state index < -0.39 is 15.9 Å². The zero-order valence-corrected chi connectivity index (χ0v) is 18.6. The van der Waals surface area contributed by atoms with Gasteiger partial charge in [0.15, 0.2) is 5.75 Å². The lowest BCUT2D eigenvalue weighted by molar-refractivity contribution is 0.102. The Kier molecular flexibility index (Phi) is 6.64. The molecular formula is C20H25N5O4S. The molecule has 0 fully saturated rings. The van der Waals surface area contributed by atoms with Gasteiger partial charge in [0, 0.05) is 16.2 Å². The van der Waals surface area contributed by atoms with Crippen LogP contribution in [0.15, 0.2) is 35.4 Å². The smallest absolute Gasteiger partial charge is 0.255 e. The summed E-state index contributed by atoms with van der Waals surface area (Å²) in [5.74, 6) is -0.275. The van der Waals surface area contributed by atoms with Crippen LogP contribution in [0, 0.1) is 6.92 Å². The normalized spacial score (nSPS) is 11.4. The van der Waals surface area contributed by atoms with Crippen molar-refractivity contribution < 1.29 is 17.9 Å². The van der Waals surface area contributed by atoms with E-state index in [0.29, 0.717) is 11.4 Å². The van der Waals surface area contributed by atoms with E-state index in [4.69, 9.17) is 10.3 Å². The monoisotopic (exact) mass is 431 g/mol. The van der Waals surface area contributed by atoms with Crippen molar-refractivity contribution in [3.8, 4) is 5.75 Å². The molecule has 0 radical (unpaired) electrons. The van der Waals surface area contributed by atoms with Crippen LogP contribution in [-0.4, -0.2) is 27.7 Å². The molecule has 0 aromatic heterocycles. The molecule has 0 unspecified atom stereocenters. The Bertz CT molecular complexity index is 1130. The number of benzene rings is 2. The van der Waals surface area contributed by atoms with Gasteiger partial charge in [0.05, 0.1) is 24.7 Å². The topological polar surface area (TPSA) is 133 Å². The lowest BCUT2D eigenvalue weighted by Crippen LogP contribution is -2.18. The van der Waals surface area contributed by atoms with E-state index in [1.165, 1.54) is 13.2 Å². The average molecular weight is 432 g/mol. The second-order valence-electron chi connectivity index (χ2n) is 7.87. The van der Waals surface area contributed by atoms with E-state index in [1.807, 2.05) is 20.8 Å². The molecule has 30 heavy (non-hydrogen) atoms. The molecule has 0 aliphatic carbocycles. The molecule has 0 bridgehead atoms. The van der Waals surface area contributed by atoms with Gasteiger partial charge in [-0.05, 0) is 53.3 Å². The SMILES string of the molecule is COc1c(NC(=O)c2ccc(C)c(N=[N+]=[N-])c2)cc(C(C)(C)C)cc1NS(C)(=O)=O. The standard InChI is InChI=1S/C20H25N5O4S/c1-12-7-8-13(9-15(12)23-25-21)19(26)22-16-10-14(20(2,3)4)11-17(18(16)29-5)24-30(6,27)28/h7-11,24H,1-6H3,(H,22,26). The number of aryl methyl sites for hydroxylation is 1. The van der Waals surface area contributed by atoms with Crippen LogP contribution in [-0.2, 0) is 15.4 Å².